The Kier molecular flexibility index (Phi) is 5.91. The van der Waals surface area contributed by atoms with Crippen LogP contribution in [-0.2, 0) is 13.0 Å². The summed E-state index contributed by atoms with van der Waals surface area (Å²) in [5.41, 5.74) is 6.10. The minimum atomic E-state index is 0.0989. The number of aromatic nitrogens is 1. The molecule has 0 amide bonds. The highest BCUT2D eigenvalue weighted by Gasteiger charge is 2.31. The third-order valence-corrected chi connectivity index (χ3v) is 5.87. The van der Waals surface area contributed by atoms with E-state index in [2.05, 4.69) is 59.3 Å². The number of benzene rings is 2. The molecule has 0 fully saturated rings. The van der Waals surface area contributed by atoms with Crippen LogP contribution >= 0.6 is 0 Å². The number of ether oxygens (including phenoxy) is 3. The number of rotatable bonds is 6. The van der Waals surface area contributed by atoms with Gasteiger partial charge < -0.3 is 14.2 Å². The maximum atomic E-state index is 5.72. The molecule has 2 aromatic carbocycles. The molecule has 0 radical (unpaired) electrons. The molecule has 5 heteroatoms. The zero-order chi connectivity index (χ0) is 21.1. The van der Waals surface area contributed by atoms with Gasteiger partial charge >= 0.3 is 0 Å². The number of methoxy groups -OCH3 is 3. The van der Waals surface area contributed by atoms with Crippen LogP contribution in [0.5, 0.6) is 17.2 Å². The molecule has 1 aromatic heterocycles. The van der Waals surface area contributed by atoms with E-state index in [0.29, 0.717) is 0 Å². The van der Waals surface area contributed by atoms with E-state index in [4.69, 9.17) is 14.2 Å². The van der Waals surface area contributed by atoms with Crippen LogP contribution in [0.4, 0.5) is 0 Å². The Balaban J connectivity index is 1.80. The summed E-state index contributed by atoms with van der Waals surface area (Å²) in [4.78, 5) is 6.72. The summed E-state index contributed by atoms with van der Waals surface area (Å²) in [6, 6.07) is 14.9. The first-order valence-electron chi connectivity index (χ1n) is 10.2. The van der Waals surface area contributed by atoms with E-state index in [1.165, 1.54) is 22.3 Å². The van der Waals surface area contributed by atoms with Gasteiger partial charge in [0, 0.05) is 31.0 Å². The van der Waals surface area contributed by atoms with Gasteiger partial charge in [-0.15, -0.1) is 0 Å². The zero-order valence-corrected chi connectivity index (χ0v) is 18.0. The smallest absolute Gasteiger partial charge is 0.161 e. The Morgan fingerprint density at radius 3 is 2.40 bits per heavy atom. The second kappa shape index (κ2) is 8.76. The van der Waals surface area contributed by atoms with Crippen molar-refractivity contribution >= 4 is 0 Å². The van der Waals surface area contributed by atoms with Gasteiger partial charge in [0.05, 0.1) is 27.4 Å². The van der Waals surface area contributed by atoms with Gasteiger partial charge in [-0.2, -0.15) is 0 Å². The zero-order valence-electron chi connectivity index (χ0n) is 18.0. The summed E-state index contributed by atoms with van der Waals surface area (Å²) in [5, 5.41) is 0. The van der Waals surface area contributed by atoms with Gasteiger partial charge in [-0.3, -0.25) is 9.88 Å². The molecule has 0 saturated heterocycles. The average molecular weight is 405 g/mol. The summed E-state index contributed by atoms with van der Waals surface area (Å²) in [6.07, 6.45) is 4.66. The van der Waals surface area contributed by atoms with Crippen molar-refractivity contribution < 1.29 is 14.2 Å². The first-order valence-corrected chi connectivity index (χ1v) is 10.2. The molecule has 4 rings (SSSR count). The average Bonchev–Trinajstić information content (AvgIpc) is 2.78. The van der Waals surface area contributed by atoms with Crippen LogP contribution < -0.4 is 14.2 Å². The SMILES string of the molecule is COc1cc2c(cc1OC)[C@@H](c1ccncc1)N(Cc1cccc(C)c1OC)CC2. The second-order valence-corrected chi connectivity index (χ2v) is 7.58. The molecule has 1 aliphatic heterocycles. The molecule has 156 valence electrons. The standard InChI is InChI=1S/C25H28N2O3/c1-17-6-5-7-20(25(17)30-4)16-27-13-10-19-14-22(28-2)23(29-3)15-21(19)24(27)18-8-11-26-12-9-18/h5-9,11-12,14-15,24H,10,13,16H2,1-4H3/t24-/m1/s1. The maximum Gasteiger partial charge on any atom is 0.161 e. The van der Waals surface area contributed by atoms with E-state index < -0.39 is 0 Å². The summed E-state index contributed by atoms with van der Waals surface area (Å²) in [6.45, 7) is 3.82. The van der Waals surface area contributed by atoms with Crippen molar-refractivity contribution in [3.63, 3.8) is 0 Å². The lowest BCUT2D eigenvalue weighted by molar-refractivity contribution is 0.201. The quantitative estimate of drug-likeness (QED) is 0.602. The first kappa shape index (κ1) is 20.2. The van der Waals surface area contributed by atoms with Crippen LogP contribution in [0.25, 0.3) is 0 Å². The molecule has 0 bridgehead atoms. The van der Waals surface area contributed by atoms with Gasteiger partial charge in [0.25, 0.3) is 0 Å². The molecule has 0 N–H and O–H groups in total. The molecule has 0 spiro atoms. The van der Waals surface area contributed by atoms with E-state index >= 15 is 0 Å². The maximum absolute atomic E-state index is 5.72. The highest BCUT2D eigenvalue weighted by atomic mass is 16.5. The van der Waals surface area contributed by atoms with E-state index in [9.17, 15) is 0 Å². The largest absolute Gasteiger partial charge is 0.496 e. The van der Waals surface area contributed by atoms with Crippen LogP contribution in [0.1, 0.15) is 33.9 Å². The van der Waals surface area contributed by atoms with Gasteiger partial charge in [0.15, 0.2) is 11.5 Å². The van der Waals surface area contributed by atoms with Crippen molar-refractivity contribution in [1.29, 1.82) is 0 Å². The predicted octanol–water partition coefficient (Wildman–Crippen LogP) is 4.56. The Labute approximate surface area is 178 Å². The summed E-state index contributed by atoms with van der Waals surface area (Å²) < 4.78 is 16.9. The molecular formula is C25H28N2O3. The number of para-hydroxylation sites is 1. The number of hydrogen-bond acceptors (Lipinski definition) is 5. The van der Waals surface area contributed by atoms with Crippen LogP contribution in [0.15, 0.2) is 54.9 Å². The minimum absolute atomic E-state index is 0.0989. The monoisotopic (exact) mass is 404 g/mol. The number of fused-ring (bicyclic) bond motifs is 1. The highest BCUT2D eigenvalue weighted by Crippen LogP contribution is 2.42. The fourth-order valence-electron chi connectivity index (χ4n) is 4.45. The number of pyridine rings is 1. The third kappa shape index (κ3) is 3.73. The Morgan fingerprint density at radius 1 is 0.967 bits per heavy atom. The molecule has 3 aromatic rings. The Bertz CT molecular complexity index is 1020. The Morgan fingerprint density at radius 2 is 1.70 bits per heavy atom. The predicted molar refractivity (Wildman–Crippen MR) is 117 cm³/mol. The van der Waals surface area contributed by atoms with Crippen LogP contribution in [0.2, 0.25) is 0 Å². The van der Waals surface area contributed by atoms with Gasteiger partial charge in [0.2, 0.25) is 0 Å². The summed E-state index contributed by atoms with van der Waals surface area (Å²) in [5.74, 6) is 2.49. The topological polar surface area (TPSA) is 43.8 Å². The molecule has 1 aliphatic rings. The molecule has 2 heterocycles. The number of nitrogens with zero attached hydrogens (tertiary/aromatic N) is 2. The van der Waals surface area contributed by atoms with Gasteiger partial charge in [-0.25, -0.2) is 0 Å². The summed E-state index contributed by atoms with van der Waals surface area (Å²) in [7, 11) is 5.11. The van der Waals surface area contributed by atoms with E-state index in [1.807, 2.05) is 12.4 Å². The van der Waals surface area contributed by atoms with Crippen molar-refractivity contribution in [2.45, 2.75) is 25.9 Å². The van der Waals surface area contributed by atoms with Gasteiger partial charge in [-0.1, -0.05) is 18.2 Å². The minimum Gasteiger partial charge on any atom is -0.496 e. The number of hydrogen-bond donors (Lipinski definition) is 0. The second-order valence-electron chi connectivity index (χ2n) is 7.58. The van der Waals surface area contributed by atoms with Crippen LogP contribution in [-0.4, -0.2) is 37.8 Å². The number of aryl methyl sites for hydroxylation is 1. The fraction of sp³-hybridized carbons (Fsp3) is 0.320. The molecule has 30 heavy (non-hydrogen) atoms. The van der Waals surface area contributed by atoms with Crippen molar-refractivity contribution in [3.8, 4) is 17.2 Å². The van der Waals surface area contributed by atoms with E-state index in [1.54, 1.807) is 21.3 Å². The van der Waals surface area contributed by atoms with E-state index in [-0.39, 0.29) is 6.04 Å². The fourth-order valence-corrected chi connectivity index (χ4v) is 4.45. The molecule has 1 atom stereocenters. The van der Waals surface area contributed by atoms with Crippen LogP contribution in [0.3, 0.4) is 0 Å². The highest BCUT2D eigenvalue weighted by molar-refractivity contribution is 5.52. The lowest BCUT2D eigenvalue weighted by Gasteiger charge is -2.38. The van der Waals surface area contributed by atoms with Gasteiger partial charge in [-0.05, 0) is 59.9 Å². The van der Waals surface area contributed by atoms with Crippen molar-refractivity contribution in [2.75, 3.05) is 27.9 Å². The molecule has 0 aliphatic carbocycles. The summed E-state index contributed by atoms with van der Waals surface area (Å²) >= 11 is 0. The van der Waals surface area contributed by atoms with Crippen molar-refractivity contribution in [3.05, 3.63) is 82.7 Å². The lowest BCUT2D eigenvalue weighted by atomic mass is 9.87. The third-order valence-electron chi connectivity index (χ3n) is 5.87. The molecule has 0 saturated carbocycles. The lowest BCUT2D eigenvalue weighted by Crippen LogP contribution is -2.36. The van der Waals surface area contributed by atoms with Gasteiger partial charge in [0.1, 0.15) is 5.75 Å². The van der Waals surface area contributed by atoms with E-state index in [0.717, 1.165) is 42.3 Å². The normalized spacial score (nSPS) is 16.1. The molecule has 0 unspecified atom stereocenters. The molecule has 5 nitrogen and oxygen atoms in total. The van der Waals surface area contributed by atoms with Crippen molar-refractivity contribution in [1.82, 2.24) is 9.88 Å². The van der Waals surface area contributed by atoms with Crippen LogP contribution in [0, 0.1) is 6.92 Å². The molecular weight excluding hydrogens is 376 g/mol. The Hall–Kier alpha value is -3.05. The first-order chi connectivity index (χ1) is 14.7. The van der Waals surface area contributed by atoms with Crippen molar-refractivity contribution in [2.24, 2.45) is 0 Å².